The Morgan fingerprint density at radius 2 is 1.84 bits per heavy atom. The van der Waals surface area contributed by atoms with Gasteiger partial charge in [0, 0.05) is 9.86 Å². The fourth-order valence-electron chi connectivity index (χ4n) is 1.72. The van der Waals surface area contributed by atoms with Gasteiger partial charge in [-0.3, -0.25) is 0 Å². The van der Waals surface area contributed by atoms with E-state index < -0.39 is 5.63 Å². The van der Waals surface area contributed by atoms with Crippen LogP contribution in [0, 0.1) is 0 Å². The monoisotopic (exact) mass is 380 g/mol. The summed E-state index contributed by atoms with van der Waals surface area (Å²) in [5, 5.41) is 8.67. The Bertz CT molecular complexity index is 813. The predicted octanol–water partition coefficient (Wildman–Crippen LogP) is 3.78. The molecule has 0 saturated heterocycles. The lowest BCUT2D eigenvalue weighted by Gasteiger charge is -2.01. The smallest absolute Gasteiger partial charge is 0.345 e. The lowest BCUT2D eigenvalue weighted by atomic mass is 10.1. The topological polar surface area (TPSA) is 56.0 Å². The zero-order valence-electron chi connectivity index (χ0n) is 9.43. The summed E-state index contributed by atoms with van der Waals surface area (Å²) >= 11 is 6.54. The van der Waals surface area contributed by atoms with E-state index in [1.54, 1.807) is 24.3 Å². The molecule has 0 aliphatic heterocycles. The first-order valence-electron chi connectivity index (χ1n) is 5.36. The van der Waals surface area contributed by atoms with Crippen LogP contribution in [0.4, 0.5) is 0 Å². The van der Waals surface area contributed by atoms with Crippen molar-refractivity contribution in [2.24, 2.45) is 0 Å². The van der Waals surface area contributed by atoms with Gasteiger partial charge in [-0.1, -0.05) is 22.0 Å². The SMILES string of the molecule is O=c1oc2cc(Br)ccc2cc1-c1ccc(Br)nn1. The first-order valence-corrected chi connectivity index (χ1v) is 6.95. The van der Waals surface area contributed by atoms with Crippen LogP contribution in [-0.4, -0.2) is 10.2 Å². The van der Waals surface area contributed by atoms with Crippen molar-refractivity contribution >= 4 is 42.8 Å². The van der Waals surface area contributed by atoms with Crippen LogP contribution in [0.1, 0.15) is 0 Å². The number of hydrogen-bond donors (Lipinski definition) is 0. The molecule has 0 N–H and O–H groups in total. The third kappa shape index (κ3) is 2.46. The third-order valence-electron chi connectivity index (χ3n) is 2.61. The van der Waals surface area contributed by atoms with Gasteiger partial charge in [0.2, 0.25) is 0 Å². The summed E-state index contributed by atoms with van der Waals surface area (Å²) < 4.78 is 6.77. The zero-order valence-corrected chi connectivity index (χ0v) is 12.6. The highest BCUT2D eigenvalue weighted by Crippen LogP contribution is 2.22. The second-order valence-corrected chi connectivity index (χ2v) is 5.60. The molecule has 6 heteroatoms. The number of rotatable bonds is 1. The Morgan fingerprint density at radius 3 is 2.58 bits per heavy atom. The molecule has 94 valence electrons. The average molecular weight is 382 g/mol. The fourth-order valence-corrected chi connectivity index (χ4v) is 2.27. The van der Waals surface area contributed by atoms with Crippen molar-refractivity contribution < 1.29 is 4.42 Å². The van der Waals surface area contributed by atoms with Crippen molar-refractivity contribution in [3.8, 4) is 11.3 Å². The van der Waals surface area contributed by atoms with Crippen molar-refractivity contribution in [2.45, 2.75) is 0 Å². The van der Waals surface area contributed by atoms with Gasteiger partial charge in [0.25, 0.3) is 0 Å². The van der Waals surface area contributed by atoms with Crippen LogP contribution in [0.3, 0.4) is 0 Å². The molecule has 0 amide bonds. The zero-order chi connectivity index (χ0) is 13.4. The molecule has 0 aliphatic rings. The van der Waals surface area contributed by atoms with Gasteiger partial charge in [0.05, 0.1) is 5.56 Å². The Morgan fingerprint density at radius 1 is 1.00 bits per heavy atom. The highest BCUT2D eigenvalue weighted by Gasteiger charge is 2.09. The van der Waals surface area contributed by atoms with Crippen LogP contribution >= 0.6 is 31.9 Å². The van der Waals surface area contributed by atoms with Crippen molar-refractivity contribution in [3.05, 3.63) is 55.9 Å². The molecular formula is C13H6Br2N2O2. The van der Waals surface area contributed by atoms with Crippen molar-refractivity contribution in [1.29, 1.82) is 0 Å². The Kier molecular flexibility index (Phi) is 3.20. The molecule has 0 atom stereocenters. The molecule has 19 heavy (non-hydrogen) atoms. The predicted molar refractivity (Wildman–Crippen MR) is 78.9 cm³/mol. The third-order valence-corrected chi connectivity index (χ3v) is 3.52. The van der Waals surface area contributed by atoms with E-state index in [2.05, 4.69) is 42.1 Å². The van der Waals surface area contributed by atoms with Crippen LogP contribution < -0.4 is 5.63 Å². The standard InChI is InChI=1S/C13H6Br2N2O2/c14-8-2-1-7-5-9(13(18)19-11(7)6-8)10-3-4-12(15)17-16-10/h1-6H. The minimum absolute atomic E-state index is 0.398. The molecule has 4 nitrogen and oxygen atoms in total. The molecule has 3 rings (SSSR count). The molecule has 0 fully saturated rings. The molecule has 0 bridgehead atoms. The summed E-state index contributed by atoms with van der Waals surface area (Å²) in [7, 11) is 0. The van der Waals surface area contributed by atoms with Crippen LogP contribution in [0.2, 0.25) is 0 Å². The van der Waals surface area contributed by atoms with Crippen LogP contribution in [0.25, 0.3) is 22.2 Å². The summed E-state index contributed by atoms with van der Waals surface area (Å²) in [5.74, 6) is 0. The van der Waals surface area contributed by atoms with E-state index in [1.807, 2.05) is 12.1 Å². The molecule has 0 aliphatic carbocycles. The summed E-state index contributed by atoms with van der Waals surface area (Å²) in [6.45, 7) is 0. The van der Waals surface area contributed by atoms with E-state index in [1.165, 1.54) is 0 Å². The summed E-state index contributed by atoms with van der Waals surface area (Å²) in [5.41, 5.74) is 0.993. The minimum Gasteiger partial charge on any atom is -0.422 e. The maximum absolute atomic E-state index is 12.0. The first-order chi connectivity index (χ1) is 9.13. The highest BCUT2D eigenvalue weighted by atomic mass is 79.9. The minimum atomic E-state index is -0.428. The maximum atomic E-state index is 12.0. The number of hydrogen-bond acceptors (Lipinski definition) is 4. The number of aromatic nitrogens is 2. The van der Waals surface area contributed by atoms with Gasteiger partial charge in [0.1, 0.15) is 15.9 Å². The summed E-state index contributed by atoms with van der Waals surface area (Å²) in [6.07, 6.45) is 0. The van der Waals surface area contributed by atoms with E-state index in [9.17, 15) is 4.79 Å². The van der Waals surface area contributed by atoms with Crippen molar-refractivity contribution in [2.75, 3.05) is 0 Å². The van der Waals surface area contributed by atoms with Crippen LogP contribution in [-0.2, 0) is 0 Å². The first kappa shape index (κ1) is 12.5. The van der Waals surface area contributed by atoms with Crippen LogP contribution in [0.15, 0.2) is 54.7 Å². The normalized spacial score (nSPS) is 10.8. The fraction of sp³-hybridized carbons (Fsp3) is 0. The van der Waals surface area contributed by atoms with Gasteiger partial charge in [-0.25, -0.2) is 4.79 Å². The molecule has 3 aromatic rings. The quantitative estimate of drug-likeness (QED) is 0.602. The molecule has 2 aromatic heterocycles. The average Bonchev–Trinajstić information content (AvgIpc) is 2.39. The van der Waals surface area contributed by atoms with E-state index in [0.29, 0.717) is 21.4 Å². The molecule has 1 aromatic carbocycles. The Hall–Kier alpha value is -1.53. The lowest BCUT2D eigenvalue weighted by Crippen LogP contribution is -2.04. The van der Waals surface area contributed by atoms with Gasteiger partial charge in [-0.15, -0.1) is 10.2 Å². The number of fused-ring (bicyclic) bond motifs is 1. The van der Waals surface area contributed by atoms with Crippen molar-refractivity contribution in [1.82, 2.24) is 10.2 Å². The van der Waals surface area contributed by atoms with Gasteiger partial charge in [-0.2, -0.15) is 0 Å². The number of halogens is 2. The van der Waals surface area contributed by atoms with E-state index >= 15 is 0 Å². The van der Waals surface area contributed by atoms with Crippen LogP contribution in [0.5, 0.6) is 0 Å². The lowest BCUT2D eigenvalue weighted by molar-refractivity contribution is 0.563. The number of nitrogens with zero attached hydrogens (tertiary/aromatic N) is 2. The van der Waals surface area contributed by atoms with Crippen molar-refractivity contribution in [3.63, 3.8) is 0 Å². The molecule has 0 unspecified atom stereocenters. The largest absolute Gasteiger partial charge is 0.422 e. The van der Waals surface area contributed by atoms with E-state index in [-0.39, 0.29) is 0 Å². The van der Waals surface area contributed by atoms with E-state index in [4.69, 9.17) is 4.42 Å². The number of benzene rings is 1. The second-order valence-electron chi connectivity index (χ2n) is 3.87. The van der Waals surface area contributed by atoms with Gasteiger partial charge < -0.3 is 4.42 Å². The molecule has 0 saturated carbocycles. The van der Waals surface area contributed by atoms with Gasteiger partial charge in [0.15, 0.2) is 0 Å². The van der Waals surface area contributed by atoms with Gasteiger partial charge in [-0.05, 0) is 46.3 Å². The second kappa shape index (κ2) is 4.86. The Balaban J connectivity index is 2.24. The highest BCUT2D eigenvalue weighted by molar-refractivity contribution is 9.10. The maximum Gasteiger partial charge on any atom is 0.345 e. The molecule has 2 heterocycles. The Labute approximate surface area is 124 Å². The van der Waals surface area contributed by atoms with Gasteiger partial charge >= 0.3 is 5.63 Å². The molecule has 0 spiro atoms. The molecular weight excluding hydrogens is 376 g/mol. The molecule has 0 radical (unpaired) electrons. The summed E-state index contributed by atoms with van der Waals surface area (Å²) in [6, 6.07) is 10.7. The van der Waals surface area contributed by atoms with E-state index in [0.717, 1.165) is 9.86 Å². The summed E-state index contributed by atoms with van der Waals surface area (Å²) in [4.78, 5) is 12.0.